The highest BCUT2D eigenvalue weighted by atomic mass is 32.2. The Morgan fingerprint density at radius 3 is 2.75 bits per heavy atom. The molecule has 0 bridgehead atoms. The van der Waals surface area contributed by atoms with Crippen molar-refractivity contribution in [2.45, 2.75) is 6.92 Å². The number of aromatic nitrogens is 1. The van der Waals surface area contributed by atoms with Crippen LogP contribution in [0.15, 0.2) is 29.6 Å². The Labute approximate surface area is 120 Å². The van der Waals surface area contributed by atoms with Crippen molar-refractivity contribution >= 4 is 38.1 Å². The lowest BCUT2D eigenvalue weighted by molar-refractivity contribution is -0.114. The third kappa shape index (κ3) is 4.04. The number of sulfonamides is 1. The molecule has 0 radical (unpaired) electrons. The second kappa shape index (κ2) is 5.59. The highest BCUT2D eigenvalue weighted by Gasteiger charge is 2.07. The zero-order valence-electron chi connectivity index (χ0n) is 10.9. The standard InChI is InChI=1S/C12H13N3O3S2/c1-8(16)13-12-14-11(7-19-12)9-4-3-5-10(6-9)15-20(2,17)18/h3-7,15H,1-2H3,(H,13,14,16). The Bertz CT molecular complexity index is 738. The van der Waals surface area contributed by atoms with Crippen LogP contribution in [-0.4, -0.2) is 25.6 Å². The summed E-state index contributed by atoms with van der Waals surface area (Å²) in [4.78, 5) is 15.2. The summed E-state index contributed by atoms with van der Waals surface area (Å²) in [6, 6.07) is 6.90. The molecule has 8 heteroatoms. The average Bonchev–Trinajstić information content (AvgIpc) is 2.74. The van der Waals surface area contributed by atoms with Crippen LogP contribution in [0.3, 0.4) is 0 Å². The fourth-order valence-corrected chi connectivity index (χ4v) is 2.89. The predicted molar refractivity (Wildman–Crippen MR) is 80.3 cm³/mol. The van der Waals surface area contributed by atoms with E-state index in [1.165, 1.54) is 18.3 Å². The van der Waals surface area contributed by atoms with Gasteiger partial charge in [-0.3, -0.25) is 9.52 Å². The summed E-state index contributed by atoms with van der Waals surface area (Å²) in [7, 11) is -3.31. The summed E-state index contributed by atoms with van der Waals surface area (Å²) in [5.74, 6) is -0.182. The molecule has 0 aliphatic carbocycles. The highest BCUT2D eigenvalue weighted by molar-refractivity contribution is 7.92. The number of nitrogens with zero attached hydrogens (tertiary/aromatic N) is 1. The number of rotatable bonds is 4. The van der Waals surface area contributed by atoms with Gasteiger partial charge in [0.15, 0.2) is 5.13 Å². The molecule has 106 valence electrons. The molecule has 2 rings (SSSR count). The predicted octanol–water partition coefficient (Wildman–Crippen LogP) is 2.14. The van der Waals surface area contributed by atoms with Gasteiger partial charge >= 0.3 is 0 Å². The van der Waals surface area contributed by atoms with Crippen molar-refractivity contribution in [3.8, 4) is 11.3 Å². The zero-order valence-corrected chi connectivity index (χ0v) is 12.5. The van der Waals surface area contributed by atoms with Crippen LogP contribution in [0.4, 0.5) is 10.8 Å². The molecule has 0 unspecified atom stereocenters. The molecule has 2 N–H and O–H groups in total. The van der Waals surface area contributed by atoms with Crippen LogP contribution >= 0.6 is 11.3 Å². The number of amides is 1. The molecule has 1 aromatic heterocycles. The van der Waals surface area contributed by atoms with Crippen molar-refractivity contribution in [3.05, 3.63) is 29.6 Å². The van der Waals surface area contributed by atoms with Crippen LogP contribution in [0.2, 0.25) is 0 Å². The normalized spacial score (nSPS) is 11.1. The summed E-state index contributed by atoms with van der Waals surface area (Å²) < 4.78 is 24.8. The molecule has 2 aromatic rings. The van der Waals surface area contributed by atoms with E-state index in [1.54, 1.807) is 23.6 Å². The van der Waals surface area contributed by atoms with E-state index in [1.807, 2.05) is 6.07 Å². The van der Waals surface area contributed by atoms with E-state index in [-0.39, 0.29) is 5.91 Å². The average molecular weight is 311 g/mol. The van der Waals surface area contributed by atoms with E-state index in [2.05, 4.69) is 15.0 Å². The first kappa shape index (κ1) is 14.5. The quantitative estimate of drug-likeness (QED) is 0.905. The van der Waals surface area contributed by atoms with E-state index < -0.39 is 10.0 Å². The Morgan fingerprint density at radius 1 is 1.35 bits per heavy atom. The SMILES string of the molecule is CC(=O)Nc1nc(-c2cccc(NS(C)(=O)=O)c2)cs1. The molecule has 1 amide bonds. The summed E-state index contributed by atoms with van der Waals surface area (Å²) in [6.45, 7) is 1.41. The number of benzene rings is 1. The molecule has 0 aliphatic rings. The van der Waals surface area contributed by atoms with Gasteiger partial charge in [0.25, 0.3) is 0 Å². The molecule has 0 spiro atoms. The van der Waals surface area contributed by atoms with E-state index in [9.17, 15) is 13.2 Å². The van der Waals surface area contributed by atoms with Crippen molar-refractivity contribution in [1.29, 1.82) is 0 Å². The number of thiazole rings is 1. The van der Waals surface area contributed by atoms with E-state index >= 15 is 0 Å². The maximum atomic E-state index is 11.2. The highest BCUT2D eigenvalue weighted by Crippen LogP contribution is 2.26. The van der Waals surface area contributed by atoms with Crippen molar-refractivity contribution in [1.82, 2.24) is 4.98 Å². The molecule has 1 aromatic carbocycles. The maximum absolute atomic E-state index is 11.2. The third-order valence-electron chi connectivity index (χ3n) is 2.25. The lowest BCUT2D eigenvalue weighted by Gasteiger charge is -2.05. The van der Waals surface area contributed by atoms with E-state index in [0.717, 1.165) is 11.8 Å². The smallest absolute Gasteiger partial charge is 0.229 e. The minimum absolute atomic E-state index is 0.182. The van der Waals surface area contributed by atoms with Gasteiger partial charge in [-0.1, -0.05) is 12.1 Å². The number of anilines is 2. The maximum Gasteiger partial charge on any atom is 0.229 e. The first-order valence-electron chi connectivity index (χ1n) is 5.65. The molecular weight excluding hydrogens is 298 g/mol. The van der Waals surface area contributed by atoms with Gasteiger partial charge in [-0.2, -0.15) is 0 Å². The first-order chi connectivity index (χ1) is 9.33. The van der Waals surface area contributed by atoms with Gasteiger partial charge in [-0.05, 0) is 12.1 Å². The molecular formula is C12H13N3O3S2. The third-order valence-corrected chi connectivity index (χ3v) is 3.61. The molecule has 0 atom stereocenters. The van der Waals surface area contributed by atoms with Crippen molar-refractivity contribution in [2.75, 3.05) is 16.3 Å². The Kier molecular flexibility index (Phi) is 4.05. The van der Waals surface area contributed by atoms with Gasteiger partial charge in [-0.15, -0.1) is 11.3 Å². The summed E-state index contributed by atoms with van der Waals surface area (Å²) in [5.41, 5.74) is 1.92. The molecule has 6 nitrogen and oxygen atoms in total. The summed E-state index contributed by atoms with van der Waals surface area (Å²) >= 11 is 1.31. The van der Waals surface area contributed by atoms with Gasteiger partial charge in [0.05, 0.1) is 11.9 Å². The largest absolute Gasteiger partial charge is 0.302 e. The van der Waals surface area contributed by atoms with Crippen LogP contribution in [0.5, 0.6) is 0 Å². The van der Waals surface area contributed by atoms with Crippen molar-refractivity contribution in [3.63, 3.8) is 0 Å². The van der Waals surface area contributed by atoms with Crippen LogP contribution in [0.1, 0.15) is 6.92 Å². The van der Waals surface area contributed by atoms with Crippen LogP contribution in [0, 0.1) is 0 Å². The fourth-order valence-electron chi connectivity index (χ4n) is 1.57. The topological polar surface area (TPSA) is 88.2 Å². The molecule has 0 saturated heterocycles. The second-order valence-corrected chi connectivity index (χ2v) is 6.78. The molecule has 0 saturated carbocycles. The van der Waals surface area contributed by atoms with Gasteiger partial charge in [0.1, 0.15) is 0 Å². The minimum Gasteiger partial charge on any atom is -0.302 e. The zero-order chi connectivity index (χ0) is 14.8. The van der Waals surface area contributed by atoms with Crippen LogP contribution < -0.4 is 10.0 Å². The lowest BCUT2D eigenvalue weighted by Crippen LogP contribution is -2.09. The molecule has 0 aliphatic heterocycles. The van der Waals surface area contributed by atoms with Crippen LogP contribution in [-0.2, 0) is 14.8 Å². The second-order valence-electron chi connectivity index (χ2n) is 4.17. The van der Waals surface area contributed by atoms with Crippen molar-refractivity contribution < 1.29 is 13.2 Å². The van der Waals surface area contributed by atoms with E-state index in [4.69, 9.17) is 0 Å². The number of carbonyl (C=O) groups is 1. The van der Waals surface area contributed by atoms with Crippen LogP contribution in [0.25, 0.3) is 11.3 Å². The van der Waals surface area contributed by atoms with Gasteiger partial charge < -0.3 is 5.32 Å². The number of hydrogen-bond acceptors (Lipinski definition) is 5. The number of hydrogen-bond donors (Lipinski definition) is 2. The number of nitrogens with one attached hydrogen (secondary N) is 2. The number of carbonyl (C=O) groups excluding carboxylic acids is 1. The minimum atomic E-state index is -3.31. The molecule has 1 heterocycles. The van der Waals surface area contributed by atoms with Gasteiger partial charge in [-0.25, -0.2) is 13.4 Å². The first-order valence-corrected chi connectivity index (χ1v) is 8.42. The van der Waals surface area contributed by atoms with Crippen molar-refractivity contribution in [2.24, 2.45) is 0 Å². The summed E-state index contributed by atoms with van der Waals surface area (Å²) in [6.07, 6.45) is 1.09. The summed E-state index contributed by atoms with van der Waals surface area (Å²) in [5, 5.41) is 4.91. The Hall–Kier alpha value is -1.93. The fraction of sp³-hybridized carbons (Fsp3) is 0.167. The monoisotopic (exact) mass is 311 g/mol. The van der Waals surface area contributed by atoms with Gasteiger partial charge in [0, 0.05) is 23.6 Å². The van der Waals surface area contributed by atoms with Gasteiger partial charge in [0.2, 0.25) is 15.9 Å². The molecule has 20 heavy (non-hydrogen) atoms. The molecule has 0 fully saturated rings. The lowest BCUT2D eigenvalue weighted by atomic mass is 10.1. The Balaban J connectivity index is 2.26. The Morgan fingerprint density at radius 2 is 2.10 bits per heavy atom. The van der Waals surface area contributed by atoms with E-state index in [0.29, 0.717) is 16.5 Å².